The monoisotopic (exact) mass is 275 g/mol. The lowest BCUT2D eigenvalue weighted by atomic mass is 9.90. The van der Waals surface area contributed by atoms with E-state index < -0.39 is 0 Å². The van der Waals surface area contributed by atoms with Crippen LogP contribution in [-0.4, -0.2) is 16.7 Å². The topological polar surface area (TPSA) is 51.0 Å². The summed E-state index contributed by atoms with van der Waals surface area (Å²) in [5, 5.41) is 7.30. The van der Waals surface area contributed by atoms with Gasteiger partial charge < -0.3 is 9.84 Å². The van der Waals surface area contributed by atoms with Crippen molar-refractivity contribution in [2.75, 3.05) is 6.54 Å². The third kappa shape index (κ3) is 2.58. The van der Waals surface area contributed by atoms with Crippen LogP contribution in [0.15, 0.2) is 28.8 Å². The van der Waals surface area contributed by atoms with Gasteiger partial charge in [-0.15, -0.1) is 0 Å². The lowest BCUT2D eigenvalue weighted by molar-refractivity contribution is 0.246. The highest BCUT2D eigenvalue weighted by molar-refractivity contribution is 5.54. The van der Waals surface area contributed by atoms with Gasteiger partial charge >= 0.3 is 0 Å². The average molecular weight is 275 g/mol. The van der Waals surface area contributed by atoms with E-state index in [0.717, 1.165) is 19.4 Å². The fourth-order valence-corrected chi connectivity index (χ4v) is 2.68. The van der Waals surface area contributed by atoms with E-state index in [1.54, 1.807) is 18.2 Å². The molecule has 1 aromatic heterocycles. The average Bonchev–Trinajstić information content (AvgIpc) is 2.97. The zero-order chi connectivity index (χ0) is 13.9. The fourth-order valence-electron chi connectivity index (χ4n) is 2.68. The van der Waals surface area contributed by atoms with Gasteiger partial charge in [-0.25, -0.2) is 4.39 Å². The molecule has 1 aliphatic rings. The van der Waals surface area contributed by atoms with Gasteiger partial charge in [-0.2, -0.15) is 4.98 Å². The molecule has 0 spiro atoms. The lowest BCUT2D eigenvalue weighted by Gasteiger charge is -2.27. The maximum atomic E-state index is 13.7. The summed E-state index contributed by atoms with van der Waals surface area (Å²) in [7, 11) is 0. The maximum absolute atomic E-state index is 13.7. The van der Waals surface area contributed by atoms with Crippen molar-refractivity contribution in [1.82, 2.24) is 15.5 Å². The molecular formula is C15H18FN3O. The lowest BCUT2D eigenvalue weighted by Crippen LogP contribution is -2.31. The van der Waals surface area contributed by atoms with Gasteiger partial charge in [0.2, 0.25) is 11.7 Å². The van der Waals surface area contributed by atoms with Crippen molar-refractivity contribution in [1.29, 1.82) is 0 Å². The van der Waals surface area contributed by atoms with Gasteiger partial charge in [0.15, 0.2) is 0 Å². The van der Waals surface area contributed by atoms with Crippen LogP contribution in [0.1, 0.15) is 38.1 Å². The minimum absolute atomic E-state index is 0.0849. The molecule has 0 amide bonds. The van der Waals surface area contributed by atoms with Crippen molar-refractivity contribution in [2.24, 2.45) is 5.92 Å². The summed E-state index contributed by atoms with van der Waals surface area (Å²) in [6, 6.07) is 6.56. The molecule has 1 aliphatic heterocycles. The Labute approximate surface area is 117 Å². The summed E-state index contributed by atoms with van der Waals surface area (Å²) in [6.45, 7) is 3.16. The number of nitrogens with zero attached hydrogens (tertiary/aromatic N) is 2. The quantitative estimate of drug-likeness (QED) is 0.933. The number of aromatic nitrogens is 2. The van der Waals surface area contributed by atoms with Crippen LogP contribution in [0, 0.1) is 11.7 Å². The highest BCUT2D eigenvalue weighted by Gasteiger charge is 2.26. The van der Waals surface area contributed by atoms with Crippen LogP contribution in [0.4, 0.5) is 4.39 Å². The summed E-state index contributed by atoms with van der Waals surface area (Å²) in [4.78, 5) is 4.35. The molecular weight excluding hydrogens is 257 g/mol. The predicted molar refractivity (Wildman–Crippen MR) is 73.5 cm³/mol. The van der Waals surface area contributed by atoms with Crippen molar-refractivity contribution in [2.45, 2.75) is 32.2 Å². The van der Waals surface area contributed by atoms with Crippen molar-refractivity contribution in [3.63, 3.8) is 0 Å². The molecule has 4 nitrogen and oxygen atoms in total. The summed E-state index contributed by atoms with van der Waals surface area (Å²) in [5.74, 6) is 1.23. The summed E-state index contributed by atoms with van der Waals surface area (Å²) in [5.41, 5.74) is 0.380. The highest BCUT2D eigenvalue weighted by atomic mass is 19.1. The minimum atomic E-state index is -0.331. The van der Waals surface area contributed by atoms with Crippen LogP contribution in [0.3, 0.4) is 0 Å². The molecule has 0 saturated carbocycles. The van der Waals surface area contributed by atoms with Crippen LogP contribution < -0.4 is 5.32 Å². The van der Waals surface area contributed by atoms with Crippen molar-refractivity contribution < 1.29 is 8.91 Å². The zero-order valence-corrected chi connectivity index (χ0v) is 11.5. The normalized spacial score (nSPS) is 22.9. The summed E-state index contributed by atoms with van der Waals surface area (Å²) < 4.78 is 19.0. The van der Waals surface area contributed by atoms with Gasteiger partial charge in [0.05, 0.1) is 11.6 Å². The molecule has 3 rings (SSSR count). The summed E-state index contributed by atoms with van der Waals surface area (Å²) in [6.07, 6.45) is 3.34. The molecule has 2 heterocycles. The Morgan fingerprint density at radius 2 is 2.25 bits per heavy atom. The molecule has 2 unspecified atom stereocenters. The molecule has 1 fully saturated rings. The van der Waals surface area contributed by atoms with Crippen molar-refractivity contribution in [3.8, 4) is 11.4 Å². The molecule has 2 atom stereocenters. The van der Waals surface area contributed by atoms with E-state index in [1.807, 2.05) is 0 Å². The van der Waals surface area contributed by atoms with Crippen molar-refractivity contribution >= 4 is 0 Å². The Bertz CT molecular complexity index is 584. The highest BCUT2D eigenvalue weighted by Crippen LogP contribution is 2.29. The third-order valence-electron chi connectivity index (χ3n) is 3.94. The van der Waals surface area contributed by atoms with E-state index in [2.05, 4.69) is 22.4 Å². The van der Waals surface area contributed by atoms with Crippen molar-refractivity contribution in [3.05, 3.63) is 36.0 Å². The van der Waals surface area contributed by atoms with Gasteiger partial charge in [-0.05, 0) is 37.4 Å². The van der Waals surface area contributed by atoms with E-state index in [0.29, 0.717) is 23.2 Å². The first kappa shape index (κ1) is 13.2. The Morgan fingerprint density at radius 1 is 1.40 bits per heavy atom. The largest absolute Gasteiger partial charge is 0.337 e. The third-order valence-corrected chi connectivity index (χ3v) is 3.94. The smallest absolute Gasteiger partial charge is 0.244 e. The number of hydrogen-bond donors (Lipinski definition) is 1. The number of rotatable bonds is 3. The molecule has 106 valence electrons. The zero-order valence-electron chi connectivity index (χ0n) is 11.5. The number of nitrogens with one attached hydrogen (secondary N) is 1. The van der Waals surface area contributed by atoms with Crippen LogP contribution >= 0.6 is 0 Å². The molecule has 5 heteroatoms. The Kier molecular flexibility index (Phi) is 3.78. The first-order valence-electron chi connectivity index (χ1n) is 7.09. The van der Waals surface area contributed by atoms with Crippen LogP contribution in [0.2, 0.25) is 0 Å². The summed E-state index contributed by atoms with van der Waals surface area (Å²) >= 11 is 0. The van der Waals surface area contributed by atoms with Crippen LogP contribution in [0.25, 0.3) is 11.4 Å². The molecule has 2 aromatic rings. The van der Waals surface area contributed by atoms with E-state index in [-0.39, 0.29) is 11.9 Å². The van der Waals surface area contributed by atoms with Crippen LogP contribution in [-0.2, 0) is 0 Å². The van der Waals surface area contributed by atoms with E-state index in [9.17, 15) is 4.39 Å². The van der Waals surface area contributed by atoms with Gasteiger partial charge in [0, 0.05) is 0 Å². The maximum Gasteiger partial charge on any atom is 0.244 e. The Hall–Kier alpha value is -1.75. The molecule has 1 N–H and O–H groups in total. The van der Waals surface area contributed by atoms with E-state index >= 15 is 0 Å². The van der Waals surface area contributed by atoms with Gasteiger partial charge in [-0.1, -0.05) is 30.6 Å². The number of benzene rings is 1. The molecule has 0 bridgehead atoms. The molecule has 1 saturated heterocycles. The molecule has 20 heavy (non-hydrogen) atoms. The van der Waals surface area contributed by atoms with Gasteiger partial charge in [-0.3, -0.25) is 0 Å². The second-order valence-electron chi connectivity index (χ2n) is 5.24. The second kappa shape index (κ2) is 5.71. The molecule has 1 aromatic carbocycles. The van der Waals surface area contributed by atoms with Crippen LogP contribution in [0.5, 0.6) is 0 Å². The number of piperidine rings is 1. The first-order chi connectivity index (χ1) is 9.78. The molecule has 0 aliphatic carbocycles. The standard InChI is InChI=1S/C15H18FN3O/c1-2-10-7-8-17-13(9-10)15-18-14(19-20-15)11-5-3-4-6-12(11)16/h3-6,10,13,17H,2,7-9H2,1H3. The second-order valence-corrected chi connectivity index (χ2v) is 5.24. The van der Waals surface area contributed by atoms with E-state index in [4.69, 9.17) is 4.52 Å². The molecule has 0 radical (unpaired) electrons. The number of halogens is 1. The van der Waals surface area contributed by atoms with Gasteiger partial charge in [0.25, 0.3) is 0 Å². The Morgan fingerprint density at radius 3 is 3.05 bits per heavy atom. The predicted octanol–water partition coefficient (Wildman–Crippen LogP) is 3.33. The SMILES string of the molecule is CCC1CCNC(c2nc(-c3ccccc3F)no2)C1. The minimum Gasteiger partial charge on any atom is -0.337 e. The Balaban J connectivity index is 1.82. The fraction of sp³-hybridized carbons (Fsp3) is 0.467. The first-order valence-corrected chi connectivity index (χ1v) is 7.09. The van der Waals surface area contributed by atoms with Gasteiger partial charge in [0.1, 0.15) is 5.82 Å². The number of hydrogen-bond acceptors (Lipinski definition) is 4. The van der Waals surface area contributed by atoms with E-state index in [1.165, 1.54) is 12.5 Å².